The molecule has 4 nitrogen and oxygen atoms in total. The molecule has 1 N–H and O–H groups in total. The first kappa shape index (κ1) is 17.3. The van der Waals surface area contributed by atoms with E-state index in [-0.39, 0.29) is 6.10 Å². The topological polar surface area (TPSA) is 47.6 Å². The van der Waals surface area contributed by atoms with Crippen LogP contribution in [0.5, 0.6) is 0 Å². The van der Waals surface area contributed by atoms with Crippen molar-refractivity contribution < 1.29 is 14.3 Å². The average Bonchev–Trinajstić information content (AvgIpc) is 2.49. The van der Waals surface area contributed by atoms with Gasteiger partial charge in [-0.25, -0.2) is 4.79 Å². The molecule has 0 bridgehead atoms. The highest BCUT2D eigenvalue weighted by Gasteiger charge is 2.15. The summed E-state index contributed by atoms with van der Waals surface area (Å²) in [5, 5.41) is 5.10. The van der Waals surface area contributed by atoms with Gasteiger partial charge in [0.05, 0.1) is 12.7 Å². The molecule has 0 aliphatic heterocycles. The van der Waals surface area contributed by atoms with E-state index in [1.54, 1.807) is 0 Å². The summed E-state index contributed by atoms with van der Waals surface area (Å²) in [6, 6.07) is 14.5. The molecule has 1 atom stereocenters. The van der Waals surface area contributed by atoms with Crippen LogP contribution in [0.1, 0.15) is 39.4 Å². The van der Waals surface area contributed by atoms with Gasteiger partial charge in [0.15, 0.2) is 0 Å². The summed E-state index contributed by atoms with van der Waals surface area (Å²) in [7, 11) is 0. The molecule has 124 valence electrons. The van der Waals surface area contributed by atoms with Crippen molar-refractivity contribution in [3.63, 3.8) is 0 Å². The van der Waals surface area contributed by atoms with Gasteiger partial charge in [-0.2, -0.15) is 0 Å². The highest BCUT2D eigenvalue weighted by Crippen LogP contribution is 2.26. The molecule has 4 heteroatoms. The highest BCUT2D eigenvalue weighted by molar-refractivity contribution is 5.85. The minimum absolute atomic E-state index is 0.0402. The number of amides is 1. The maximum Gasteiger partial charge on any atom is 0.407 e. The van der Waals surface area contributed by atoms with Gasteiger partial charge in [0.25, 0.3) is 0 Å². The maximum absolute atomic E-state index is 11.6. The molecule has 0 heterocycles. The van der Waals surface area contributed by atoms with Gasteiger partial charge in [-0.05, 0) is 44.0 Å². The summed E-state index contributed by atoms with van der Waals surface area (Å²) in [6.45, 7) is 8.39. The third-order valence-electron chi connectivity index (χ3n) is 3.40. The van der Waals surface area contributed by atoms with E-state index < -0.39 is 11.7 Å². The van der Waals surface area contributed by atoms with Crippen LogP contribution in [-0.2, 0) is 9.47 Å². The molecule has 0 saturated carbocycles. The Labute approximate surface area is 137 Å². The van der Waals surface area contributed by atoms with Crippen molar-refractivity contribution in [2.24, 2.45) is 0 Å². The van der Waals surface area contributed by atoms with Crippen LogP contribution in [0.3, 0.4) is 0 Å². The second-order valence-electron chi connectivity index (χ2n) is 6.51. The van der Waals surface area contributed by atoms with E-state index in [0.717, 1.165) is 5.56 Å². The number of rotatable bonds is 5. The Hall–Kier alpha value is -2.07. The monoisotopic (exact) mass is 315 g/mol. The van der Waals surface area contributed by atoms with Crippen LogP contribution in [0.4, 0.5) is 4.79 Å². The van der Waals surface area contributed by atoms with Crippen molar-refractivity contribution in [3.05, 3.63) is 48.0 Å². The lowest BCUT2D eigenvalue weighted by molar-refractivity contribution is 0.0434. The van der Waals surface area contributed by atoms with E-state index in [0.29, 0.717) is 13.2 Å². The van der Waals surface area contributed by atoms with Gasteiger partial charge in [0.2, 0.25) is 0 Å². The SMILES string of the molecule is CC(OCCNC(=O)OC(C)(C)C)c1cccc2ccccc12. The molecule has 0 fully saturated rings. The van der Waals surface area contributed by atoms with Crippen LogP contribution >= 0.6 is 0 Å². The first-order valence-electron chi connectivity index (χ1n) is 7.93. The molecule has 2 rings (SSSR count). The highest BCUT2D eigenvalue weighted by atomic mass is 16.6. The number of carbonyl (C=O) groups is 1. The van der Waals surface area contributed by atoms with Crippen molar-refractivity contribution >= 4 is 16.9 Å². The van der Waals surface area contributed by atoms with Gasteiger partial charge in [0.1, 0.15) is 5.60 Å². The third-order valence-corrected chi connectivity index (χ3v) is 3.40. The predicted octanol–water partition coefficient (Wildman–Crippen LogP) is 4.44. The zero-order valence-electron chi connectivity index (χ0n) is 14.3. The summed E-state index contributed by atoms with van der Waals surface area (Å²) in [5.74, 6) is 0. The fourth-order valence-electron chi connectivity index (χ4n) is 2.40. The van der Waals surface area contributed by atoms with E-state index in [4.69, 9.17) is 9.47 Å². The Morgan fingerprint density at radius 2 is 1.83 bits per heavy atom. The number of alkyl carbamates (subject to hydrolysis) is 1. The smallest absolute Gasteiger partial charge is 0.407 e. The molecular weight excluding hydrogens is 290 g/mol. The first-order chi connectivity index (χ1) is 10.9. The van der Waals surface area contributed by atoms with Gasteiger partial charge in [-0.15, -0.1) is 0 Å². The zero-order chi connectivity index (χ0) is 16.9. The number of benzene rings is 2. The first-order valence-corrected chi connectivity index (χ1v) is 7.93. The van der Waals surface area contributed by atoms with Crippen LogP contribution in [0.15, 0.2) is 42.5 Å². The molecule has 0 aromatic heterocycles. The molecule has 1 amide bonds. The molecule has 2 aromatic rings. The maximum atomic E-state index is 11.6. The minimum atomic E-state index is -0.485. The molecule has 0 aliphatic carbocycles. The van der Waals surface area contributed by atoms with E-state index in [1.165, 1.54) is 10.8 Å². The minimum Gasteiger partial charge on any atom is -0.444 e. The van der Waals surface area contributed by atoms with E-state index in [2.05, 4.69) is 29.6 Å². The molecule has 0 radical (unpaired) electrons. The number of carbonyl (C=O) groups excluding carboxylic acids is 1. The van der Waals surface area contributed by atoms with E-state index in [9.17, 15) is 4.79 Å². The Morgan fingerprint density at radius 3 is 2.57 bits per heavy atom. The zero-order valence-corrected chi connectivity index (χ0v) is 14.3. The summed E-state index contributed by atoms with van der Waals surface area (Å²) in [6.07, 6.45) is -0.458. The van der Waals surface area contributed by atoms with Crippen LogP contribution in [0.2, 0.25) is 0 Å². The van der Waals surface area contributed by atoms with Crippen LogP contribution in [0.25, 0.3) is 10.8 Å². The van der Waals surface area contributed by atoms with Gasteiger partial charge < -0.3 is 14.8 Å². The summed E-state index contributed by atoms with van der Waals surface area (Å²) in [4.78, 5) is 11.6. The summed E-state index contributed by atoms with van der Waals surface area (Å²) in [5.41, 5.74) is 0.668. The lowest BCUT2D eigenvalue weighted by atomic mass is 10.0. The van der Waals surface area contributed by atoms with E-state index >= 15 is 0 Å². The lowest BCUT2D eigenvalue weighted by Gasteiger charge is -2.20. The van der Waals surface area contributed by atoms with Crippen molar-refractivity contribution in [2.75, 3.05) is 13.2 Å². The Kier molecular flexibility index (Phi) is 5.61. The van der Waals surface area contributed by atoms with Crippen LogP contribution in [-0.4, -0.2) is 24.8 Å². The van der Waals surface area contributed by atoms with Crippen LogP contribution in [0, 0.1) is 0 Å². The summed E-state index contributed by atoms with van der Waals surface area (Å²) >= 11 is 0. The van der Waals surface area contributed by atoms with Gasteiger partial charge in [0, 0.05) is 6.54 Å². The molecule has 1 unspecified atom stereocenters. The fourth-order valence-corrected chi connectivity index (χ4v) is 2.40. The normalized spacial score (nSPS) is 12.9. The fraction of sp³-hybridized carbons (Fsp3) is 0.421. The molecule has 2 aromatic carbocycles. The standard InChI is InChI=1S/C19H25NO3/c1-14(22-13-12-20-18(21)23-19(2,3)4)16-11-7-9-15-8-5-6-10-17(15)16/h5-11,14H,12-13H2,1-4H3,(H,20,21). The molecule has 0 aliphatic rings. The molecule has 0 saturated heterocycles. The quantitative estimate of drug-likeness (QED) is 0.830. The predicted molar refractivity (Wildman–Crippen MR) is 92.6 cm³/mol. The molecule has 23 heavy (non-hydrogen) atoms. The lowest BCUT2D eigenvalue weighted by Crippen LogP contribution is -2.34. The largest absolute Gasteiger partial charge is 0.444 e. The van der Waals surface area contributed by atoms with Crippen molar-refractivity contribution in [1.29, 1.82) is 0 Å². The van der Waals surface area contributed by atoms with Crippen molar-refractivity contribution in [3.8, 4) is 0 Å². The van der Waals surface area contributed by atoms with Crippen molar-refractivity contribution in [2.45, 2.75) is 39.4 Å². The van der Waals surface area contributed by atoms with Gasteiger partial charge in [-0.1, -0.05) is 42.5 Å². The Balaban J connectivity index is 1.85. The number of hydrogen-bond acceptors (Lipinski definition) is 3. The third kappa shape index (κ3) is 5.25. The van der Waals surface area contributed by atoms with E-state index in [1.807, 2.05) is 45.9 Å². The Morgan fingerprint density at radius 1 is 1.13 bits per heavy atom. The number of ether oxygens (including phenoxy) is 2. The number of nitrogens with one attached hydrogen (secondary N) is 1. The average molecular weight is 315 g/mol. The number of hydrogen-bond donors (Lipinski definition) is 1. The van der Waals surface area contributed by atoms with Gasteiger partial charge in [-0.3, -0.25) is 0 Å². The van der Waals surface area contributed by atoms with Crippen molar-refractivity contribution in [1.82, 2.24) is 5.32 Å². The number of fused-ring (bicyclic) bond motifs is 1. The van der Waals surface area contributed by atoms with Crippen LogP contribution < -0.4 is 5.32 Å². The molecule has 0 spiro atoms. The molecular formula is C19H25NO3. The Bertz CT molecular complexity index is 656. The summed E-state index contributed by atoms with van der Waals surface area (Å²) < 4.78 is 11.0. The van der Waals surface area contributed by atoms with Gasteiger partial charge >= 0.3 is 6.09 Å². The second-order valence-corrected chi connectivity index (χ2v) is 6.51. The second kappa shape index (κ2) is 7.47.